The molecule has 0 fully saturated rings. The average Bonchev–Trinajstić information content (AvgIpc) is 2.82. The zero-order valence-corrected chi connectivity index (χ0v) is 13.3. The van der Waals surface area contributed by atoms with Gasteiger partial charge in [-0.3, -0.25) is 4.79 Å². The number of carbonyl (C=O) groups excluding carboxylic acids is 2. The fourth-order valence-electron chi connectivity index (χ4n) is 2.68. The molecule has 0 unspecified atom stereocenters. The molecule has 2 rings (SSSR count). The van der Waals surface area contributed by atoms with E-state index in [2.05, 4.69) is 20.2 Å². The van der Waals surface area contributed by atoms with Gasteiger partial charge in [-0.15, -0.1) is 0 Å². The highest BCUT2D eigenvalue weighted by Crippen LogP contribution is 2.20. The molecule has 1 aromatic rings. The third-order valence-corrected chi connectivity index (χ3v) is 3.74. The van der Waals surface area contributed by atoms with E-state index in [0.717, 1.165) is 24.5 Å². The third-order valence-electron chi connectivity index (χ3n) is 3.74. The summed E-state index contributed by atoms with van der Waals surface area (Å²) in [6, 6.07) is 0. The van der Waals surface area contributed by atoms with Crippen molar-refractivity contribution in [3.63, 3.8) is 0 Å². The number of alkyl carbamates (subject to hydrolysis) is 1. The van der Waals surface area contributed by atoms with E-state index < -0.39 is 6.09 Å². The summed E-state index contributed by atoms with van der Waals surface area (Å²) < 4.78 is 6.97. The monoisotopic (exact) mass is 308 g/mol. The van der Waals surface area contributed by atoms with Crippen molar-refractivity contribution in [2.75, 3.05) is 13.2 Å². The molecule has 2 amide bonds. The van der Waals surface area contributed by atoms with Gasteiger partial charge in [0.2, 0.25) is 5.91 Å². The minimum atomic E-state index is -0.492. The van der Waals surface area contributed by atoms with Crippen LogP contribution in [0.25, 0.3) is 0 Å². The zero-order chi connectivity index (χ0) is 15.9. The molecule has 0 aliphatic carbocycles. The van der Waals surface area contributed by atoms with Gasteiger partial charge in [-0.25, -0.2) is 9.78 Å². The van der Waals surface area contributed by atoms with Crippen LogP contribution in [0, 0.1) is 6.92 Å². The van der Waals surface area contributed by atoms with Gasteiger partial charge < -0.3 is 19.9 Å². The molecule has 22 heavy (non-hydrogen) atoms. The summed E-state index contributed by atoms with van der Waals surface area (Å²) in [6.07, 6.45) is 3.13. The highest BCUT2D eigenvalue weighted by molar-refractivity contribution is 5.76. The second kappa shape index (κ2) is 7.82. The first-order chi connectivity index (χ1) is 10.6. The first kappa shape index (κ1) is 16.3. The fourth-order valence-corrected chi connectivity index (χ4v) is 2.68. The number of amides is 2. The first-order valence-corrected chi connectivity index (χ1v) is 7.84. The Morgan fingerprint density at radius 1 is 1.32 bits per heavy atom. The number of aromatic nitrogens is 2. The number of nitrogens with one attached hydrogen (secondary N) is 2. The lowest BCUT2D eigenvalue weighted by molar-refractivity contribution is -0.121. The van der Waals surface area contributed by atoms with E-state index in [9.17, 15) is 9.59 Å². The predicted octanol–water partition coefficient (Wildman–Crippen LogP) is 1.28. The molecule has 0 atom stereocenters. The van der Waals surface area contributed by atoms with E-state index in [0.29, 0.717) is 13.2 Å². The molecule has 0 aromatic carbocycles. The minimum absolute atomic E-state index is 0.105. The summed E-state index contributed by atoms with van der Waals surface area (Å²) in [7, 11) is 0. The van der Waals surface area contributed by atoms with E-state index >= 15 is 0 Å². The van der Waals surface area contributed by atoms with Gasteiger partial charge >= 0.3 is 6.09 Å². The van der Waals surface area contributed by atoms with Crippen LogP contribution < -0.4 is 10.6 Å². The number of hydrogen-bond donors (Lipinski definition) is 2. The van der Waals surface area contributed by atoms with E-state index in [1.54, 1.807) is 6.92 Å². The highest BCUT2D eigenvalue weighted by Gasteiger charge is 2.17. The predicted molar refractivity (Wildman–Crippen MR) is 81.4 cm³/mol. The molecule has 0 radical (unpaired) electrons. The lowest BCUT2D eigenvalue weighted by Gasteiger charge is -2.16. The number of carbonyl (C=O) groups is 2. The van der Waals surface area contributed by atoms with Gasteiger partial charge in [-0.2, -0.15) is 0 Å². The van der Waals surface area contributed by atoms with Gasteiger partial charge in [0.1, 0.15) is 5.82 Å². The molecular formula is C15H24N4O3. The molecule has 0 saturated heterocycles. The molecule has 0 saturated carbocycles. The lowest BCUT2D eigenvalue weighted by Crippen LogP contribution is -2.31. The molecule has 1 aliphatic rings. The maximum atomic E-state index is 11.8. The summed E-state index contributed by atoms with van der Waals surface area (Å²) in [5, 5.41) is 5.39. The summed E-state index contributed by atoms with van der Waals surface area (Å²) in [6.45, 7) is 5.80. The highest BCUT2D eigenvalue weighted by atomic mass is 16.5. The average molecular weight is 308 g/mol. The standard InChI is InChI=1S/C15H24N4O3/c1-3-22-15(21)16-8-7-14(20)17-10-12-13-6-4-5-9-19(13)11(2)18-12/h3-10H2,1-2H3,(H,16,21)(H,17,20). The van der Waals surface area contributed by atoms with Crippen molar-refractivity contribution in [2.24, 2.45) is 0 Å². The Kier molecular flexibility index (Phi) is 5.80. The van der Waals surface area contributed by atoms with Crippen molar-refractivity contribution < 1.29 is 14.3 Å². The summed E-state index contributed by atoms with van der Waals surface area (Å²) in [5.41, 5.74) is 2.21. The van der Waals surface area contributed by atoms with Crippen molar-refractivity contribution in [3.05, 3.63) is 17.2 Å². The van der Waals surface area contributed by atoms with Crippen molar-refractivity contribution in [2.45, 2.75) is 52.6 Å². The van der Waals surface area contributed by atoms with Crippen LogP contribution in [0.4, 0.5) is 4.79 Å². The molecule has 0 spiro atoms. The molecule has 2 N–H and O–H groups in total. The van der Waals surface area contributed by atoms with Crippen molar-refractivity contribution in [1.82, 2.24) is 20.2 Å². The van der Waals surface area contributed by atoms with E-state index in [-0.39, 0.29) is 18.9 Å². The van der Waals surface area contributed by atoms with Crippen LogP contribution >= 0.6 is 0 Å². The second-order valence-corrected chi connectivity index (χ2v) is 5.34. The van der Waals surface area contributed by atoms with E-state index in [1.807, 2.05) is 6.92 Å². The molecule has 7 heteroatoms. The molecule has 7 nitrogen and oxygen atoms in total. The maximum Gasteiger partial charge on any atom is 0.407 e. The Bertz CT molecular complexity index is 539. The van der Waals surface area contributed by atoms with Crippen molar-refractivity contribution in [3.8, 4) is 0 Å². The third kappa shape index (κ3) is 4.22. The first-order valence-electron chi connectivity index (χ1n) is 7.84. The molecule has 2 heterocycles. The SMILES string of the molecule is CCOC(=O)NCCC(=O)NCc1nc(C)n2c1CCCC2. The zero-order valence-electron chi connectivity index (χ0n) is 13.3. The Balaban J connectivity index is 1.76. The van der Waals surface area contributed by atoms with Crippen LogP contribution in [-0.2, 0) is 29.0 Å². The summed E-state index contributed by atoms with van der Waals surface area (Å²) in [5.74, 6) is 0.912. The lowest BCUT2D eigenvalue weighted by atomic mass is 10.1. The minimum Gasteiger partial charge on any atom is -0.450 e. The van der Waals surface area contributed by atoms with Gasteiger partial charge in [0.15, 0.2) is 0 Å². The van der Waals surface area contributed by atoms with Crippen LogP contribution in [-0.4, -0.2) is 34.7 Å². The number of imidazole rings is 1. The number of nitrogens with zero attached hydrogens (tertiary/aromatic N) is 2. The van der Waals surface area contributed by atoms with Crippen molar-refractivity contribution >= 4 is 12.0 Å². The van der Waals surface area contributed by atoms with Crippen molar-refractivity contribution in [1.29, 1.82) is 0 Å². The van der Waals surface area contributed by atoms with Crippen LogP contribution in [0.2, 0.25) is 0 Å². The Hall–Kier alpha value is -2.05. The normalized spacial score (nSPS) is 13.4. The van der Waals surface area contributed by atoms with E-state index in [4.69, 9.17) is 4.74 Å². The smallest absolute Gasteiger partial charge is 0.407 e. The molecular weight excluding hydrogens is 284 g/mol. The summed E-state index contributed by atoms with van der Waals surface area (Å²) in [4.78, 5) is 27.4. The van der Waals surface area contributed by atoms with Gasteiger partial charge in [0.25, 0.3) is 0 Å². The van der Waals surface area contributed by atoms with E-state index in [1.165, 1.54) is 18.5 Å². The number of aryl methyl sites for hydroxylation is 1. The molecule has 122 valence electrons. The van der Waals surface area contributed by atoms with Crippen LogP contribution in [0.3, 0.4) is 0 Å². The number of hydrogen-bond acceptors (Lipinski definition) is 4. The van der Waals surface area contributed by atoms with Gasteiger partial charge in [0.05, 0.1) is 18.8 Å². The molecule has 1 aromatic heterocycles. The van der Waals surface area contributed by atoms with Crippen LogP contribution in [0.5, 0.6) is 0 Å². The summed E-state index contributed by atoms with van der Waals surface area (Å²) >= 11 is 0. The van der Waals surface area contributed by atoms with Gasteiger partial charge in [-0.05, 0) is 33.1 Å². The number of fused-ring (bicyclic) bond motifs is 1. The van der Waals surface area contributed by atoms with Crippen LogP contribution in [0.1, 0.15) is 43.4 Å². The Morgan fingerprint density at radius 2 is 2.14 bits per heavy atom. The topological polar surface area (TPSA) is 85.2 Å². The Morgan fingerprint density at radius 3 is 2.91 bits per heavy atom. The molecule has 0 bridgehead atoms. The number of ether oxygens (including phenoxy) is 1. The number of rotatable bonds is 6. The second-order valence-electron chi connectivity index (χ2n) is 5.34. The maximum absolute atomic E-state index is 11.8. The van der Waals surface area contributed by atoms with Crippen LogP contribution in [0.15, 0.2) is 0 Å². The fraction of sp³-hybridized carbons (Fsp3) is 0.667. The quantitative estimate of drug-likeness (QED) is 0.829. The largest absolute Gasteiger partial charge is 0.450 e. The molecule has 1 aliphatic heterocycles. The Labute approximate surface area is 130 Å². The van der Waals surface area contributed by atoms with Gasteiger partial charge in [0, 0.05) is 25.2 Å². The van der Waals surface area contributed by atoms with Gasteiger partial charge in [-0.1, -0.05) is 0 Å².